The van der Waals surface area contributed by atoms with Crippen molar-refractivity contribution in [1.29, 1.82) is 0 Å². The lowest BCUT2D eigenvalue weighted by atomic mass is 9.78. The molecule has 178 valence electrons. The second-order valence-corrected chi connectivity index (χ2v) is 11.5. The van der Waals surface area contributed by atoms with Gasteiger partial charge in [-0.25, -0.2) is 0 Å². The van der Waals surface area contributed by atoms with Crippen molar-refractivity contribution in [1.82, 2.24) is 0 Å². The van der Waals surface area contributed by atoms with E-state index in [9.17, 15) is 1.37 Å². The second-order valence-electron chi connectivity index (χ2n) is 11.5. The number of nitrogens with zero attached hydrogens (tertiary/aromatic N) is 1. The van der Waals surface area contributed by atoms with Crippen molar-refractivity contribution in [3.8, 4) is 22.3 Å². The Hall–Kier alpha value is -3.32. The zero-order chi connectivity index (χ0) is 25.9. The van der Waals surface area contributed by atoms with Crippen LogP contribution in [0, 0.1) is 0 Å². The largest absolute Gasteiger partial charge is 0.336 e. The minimum atomic E-state index is -0.754. The SMILES string of the molecule is [2H]C(C)(C)c1ccc2c(c1N(c1cccc(-c3ccccc3)c1)C(C)(C)C)C(C)(C)c1ccccc1-2. The third-order valence-electron chi connectivity index (χ3n) is 7.34. The van der Waals surface area contributed by atoms with Gasteiger partial charge >= 0.3 is 0 Å². The minimum absolute atomic E-state index is 0.178. The van der Waals surface area contributed by atoms with Crippen LogP contribution in [0.15, 0.2) is 91.0 Å². The van der Waals surface area contributed by atoms with E-state index in [1.807, 2.05) is 13.8 Å². The highest BCUT2D eigenvalue weighted by Gasteiger charge is 2.41. The van der Waals surface area contributed by atoms with Gasteiger partial charge < -0.3 is 4.90 Å². The maximum absolute atomic E-state index is 9.18. The molecule has 0 saturated heterocycles. The zero-order valence-electron chi connectivity index (χ0n) is 23.1. The van der Waals surface area contributed by atoms with Crippen LogP contribution in [-0.4, -0.2) is 5.54 Å². The third kappa shape index (κ3) is 3.88. The van der Waals surface area contributed by atoms with Gasteiger partial charge in [0.25, 0.3) is 0 Å². The number of hydrogen-bond acceptors (Lipinski definition) is 1. The molecule has 0 fully saturated rings. The lowest BCUT2D eigenvalue weighted by Crippen LogP contribution is -2.40. The summed E-state index contributed by atoms with van der Waals surface area (Å²) < 4.78 is 9.18. The van der Waals surface area contributed by atoms with Crippen LogP contribution < -0.4 is 4.90 Å². The first-order valence-electron chi connectivity index (χ1n) is 13.1. The van der Waals surface area contributed by atoms with Crippen molar-refractivity contribution < 1.29 is 1.37 Å². The molecule has 0 aromatic heterocycles. The van der Waals surface area contributed by atoms with Crippen molar-refractivity contribution in [2.45, 2.75) is 65.3 Å². The number of hydrogen-bond donors (Lipinski definition) is 0. The molecule has 0 heterocycles. The van der Waals surface area contributed by atoms with E-state index in [0.717, 1.165) is 11.3 Å². The molecule has 0 unspecified atom stereocenters. The minimum Gasteiger partial charge on any atom is -0.336 e. The number of anilines is 2. The molecule has 1 heteroatoms. The number of rotatable bonds is 4. The lowest BCUT2D eigenvalue weighted by Gasteiger charge is -2.42. The Morgan fingerprint density at radius 3 is 2.09 bits per heavy atom. The van der Waals surface area contributed by atoms with Crippen molar-refractivity contribution in [2.24, 2.45) is 0 Å². The number of benzene rings is 4. The van der Waals surface area contributed by atoms with Gasteiger partial charge in [-0.05, 0) is 77.7 Å². The summed E-state index contributed by atoms with van der Waals surface area (Å²) in [6, 6.07) is 32.7. The maximum Gasteiger partial charge on any atom is 0.0498 e. The van der Waals surface area contributed by atoms with Crippen LogP contribution in [0.1, 0.15) is 72.4 Å². The molecule has 0 bridgehead atoms. The van der Waals surface area contributed by atoms with Crippen LogP contribution in [0.4, 0.5) is 11.4 Å². The smallest absolute Gasteiger partial charge is 0.0498 e. The molecule has 0 atom stereocenters. The summed E-state index contributed by atoms with van der Waals surface area (Å²) >= 11 is 0. The predicted molar refractivity (Wildman–Crippen MR) is 152 cm³/mol. The molecule has 35 heavy (non-hydrogen) atoms. The quantitative estimate of drug-likeness (QED) is 0.293. The van der Waals surface area contributed by atoms with Crippen molar-refractivity contribution in [2.75, 3.05) is 4.90 Å². The van der Waals surface area contributed by atoms with E-state index < -0.39 is 5.89 Å². The molecule has 0 radical (unpaired) electrons. The van der Waals surface area contributed by atoms with Crippen LogP contribution in [0.2, 0.25) is 0 Å². The fourth-order valence-electron chi connectivity index (χ4n) is 5.79. The van der Waals surface area contributed by atoms with E-state index >= 15 is 0 Å². The van der Waals surface area contributed by atoms with Gasteiger partial charge in [0.05, 0.1) is 0 Å². The van der Waals surface area contributed by atoms with Crippen LogP contribution in [0.5, 0.6) is 0 Å². The van der Waals surface area contributed by atoms with Gasteiger partial charge in [-0.2, -0.15) is 0 Å². The Balaban J connectivity index is 1.84. The molecule has 1 aliphatic rings. The molecule has 0 aliphatic heterocycles. The van der Waals surface area contributed by atoms with Crippen LogP contribution >= 0.6 is 0 Å². The van der Waals surface area contributed by atoms with Crippen molar-refractivity contribution in [3.63, 3.8) is 0 Å². The molecule has 1 nitrogen and oxygen atoms in total. The Morgan fingerprint density at radius 2 is 1.40 bits per heavy atom. The molecule has 0 spiro atoms. The number of fused-ring (bicyclic) bond motifs is 3. The van der Waals surface area contributed by atoms with Crippen molar-refractivity contribution in [3.05, 3.63) is 108 Å². The van der Waals surface area contributed by atoms with E-state index in [1.54, 1.807) is 0 Å². The van der Waals surface area contributed by atoms with Gasteiger partial charge in [0.2, 0.25) is 0 Å². The molecular formula is C34H37N. The Labute approximate surface area is 212 Å². The average molecular weight is 461 g/mol. The van der Waals surface area contributed by atoms with Gasteiger partial charge in [-0.15, -0.1) is 0 Å². The van der Waals surface area contributed by atoms with Crippen LogP contribution in [-0.2, 0) is 5.41 Å². The molecule has 5 rings (SSSR count). The third-order valence-corrected chi connectivity index (χ3v) is 7.34. The van der Waals surface area contributed by atoms with Gasteiger partial charge in [0.15, 0.2) is 0 Å². The molecule has 0 saturated carbocycles. The molecule has 1 aliphatic carbocycles. The normalized spacial score (nSPS) is 14.8. The van der Waals surface area contributed by atoms with E-state index in [4.69, 9.17) is 0 Å². The topological polar surface area (TPSA) is 3.24 Å². The molecular weight excluding hydrogens is 422 g/mol. The fraction of sp³-hybridized carbons (Fsp3) is 0.294. The summed E-state index contributed by atoms with van der Waals surface area (Å²) in [4.78, 5) is 2.48. The average Bonchev–Trinajstić information content (AvgIpc) is 3.06. The second kappa shape index (κ2) is 8.41. The first-order chi connectivity index (χ1) is 16.9. The van der Waals surface area contributed by atoms with Crippen LogP contribution in [0.25, 0.3) is 22.3 Å². The summed E-state index contributed by atoms with van der Waals surface area (Å²) in [5, 5.41) is 0. The molecule has 4 aromatic carbocycles. The Bertz CT molecular complexity index is 1420. The first kappa shape index (κ1) is 22.2. The maximum atomic E-state index is 9.18. The van der Waals surface area contributed by atoms with E-state index in [-0.39, 0.29) is 11.0 Å². The fourth-order valence-corrected chi connectivity index (χ4v) is 5.79. The lowest BCUT2D eigenvalue weighted by molar-refractivity contribution is 0.550. The van der Waals surface area contributed by atoms with Gasteiger partial charge in [0.1, 0.15) is 0 Å². The van der Waals surface area contributed by atoms with Gasteiger partial charge in [-0.1, -0.05) is 107 Å². The monoisotopic (exact) mass is 460 g/mol. The Kier molecular flexibility index (Phi) is 5.33. The standard InChI is InChI=1S/C34H37N/c1-23(2)27-20-21-29-28-18-11-12-19-30(28)34(6,7)31(29)32(27)35(33(3,4)5)26-17-13-16-25(22-26)24-14-9-8-10-15-24/h8-23H,1-7H3/i23D. The van der Waals surface area contributed by atoms with Gasteiger partial charge in [0, 0.05) is 23.7 Å². The summed E-state index contributed by atoms with van der Waals surface area (Å²) in [5.41, 5.74) is 10.7. The molecule has 0 amide bonds. The van der Waals surface area contributed by atoms with E-state index in [2.05, 4.69) is 131 Å². The van der Waals surface area contributed by atoms with Gasteiger partial charge in [-0.3, -0.25) is 0 Å². The first-order valence-corrected chi connectivity index (χ1v) is 12.6. The predicted octanol–water partition coefficient (Wildman–Crippen LogP) is 9.72. The Morgan fingerprint density at radius 1 is 0.743 bits per heavy atom. The van der Waals surface area contributed by atoms with Crippen molar-refractivity contribution >= 4 is 11.4 Å². The highest BCUT2D eigenvalue weighted by molar-refractivity contribution is 5.90. The summed E-state index contributed by atoms with van der Waals surface area (Å²) in [7, 11) is 0. The highest BCUT2D eigenvalue weighted by atomic mass is 15.2. The zero-order valence-corrected chi connectivity index (χ0v) is 22.1. The molecule has 0 N–H and O–H groups in total. The molecule has 4 aromatic rings. The summed E-state index contributed by atoms with van der Waals surface area (Å²) in [5.74, 6) is -0.754. The summed E-state index contributed by atoms with van der Waals surface area (Å²) in [6.07, 6.45) is 0. The highest BCUT2D eigenvalue weighted by Crippen LogP contribution is 2.56. The van der Waals surface area contributed by atoms with E-state index in [0.29, 0.717) is 0 Å². The van der Waals surface area contributed by atoms with Crippen LogP contribution in [0.3, 0.4) is 0 Å². The summed E-state index contributed by atoms with van der Waals surface area (Å²) in [6.45, 7) is 15.5. The van der Waals surface area contributed by atoms with E-state index in [1.165, 1.54) is 39.1 Å².